The van der Waals surface area contributed by atoms with Crippen molar-refractivity contribution in [3.8, 4) is 6.07 Å². The van der Waals surface area contributed by atoms with E-state index in [1.165, 1.54) is 18.3 Å². The standard InChI is InChI=1S/C10H11N3O3S/c1-6(10(15)16)12-5-8(14)13-9-7(4-11)2-3-17-9/h2-3,6,12H,5H2,1H3,(H,13,14)(H,15,16)/t6-/m1/s1. The second-order valence-corrected chi connectivity index (χ2v) is 4.18. The van der Waals surface area contributed by atoms with Crippen LogP contribution in [0.3, 0.4) is 0 Å². The van der Waals surface area contributed by atoms with Crippen LogP contribution >= 0.6 is 11.3 Å². The van der Waals surface area contributed by atoms with Crippen LogP contribution in [0.2, 0.25) is 0 Å². The molecule has 0 radical (unpaired) electrons. The third kappa shape index (κ3) is 3.86. The number of nitrogens with zero attached hydrogens (tertiary/aromatic N) is 1. The maximum atomic E-state index is 11.4. The Morgan fingerprint density at radius 3 is 2.94 bits per heavy atom. The van der Waals surface area contributed by atoms with Gasteiger partial charge in [0.05, 0.1) is 12.1 Å². The summed E-state index contributed by atoms with van der Waals surface area (Å²) in [6.07, 6.45) is 0. The minimum Gasteiger partial charge on any atom is -0.480 e. The van der Waals surface area contributed by atoms with Crippen molar-refractivity contribution in [2.75, 3.05) is 11.9 Å². The molecule has 0 aliphatic rings. The van der Waals surface area contributed by atoms with E-state index in [1.807, 2.05) is 6.07 Å². The van der Waals surface area contributed by atoms with Crippen molar-refractivity contribution >= 4 is 28.2 Å². The molecule has 0 saturated carbocycles. The summed E-state index contributed by atoms with van der Waals surface area (Å²) in [4.78, 5) is 21.9. The lowest BCUT2D eigenvalue weighted by molar-refractivity contribution is -0.139. The molecule has 0 saturated heterocycles. The van der Waals surface area contributed by atoms with E-state index in [0.717, 1.165) is 0 Å². The van der Waals surface area contributed by atoms with Gasteiger partial charge in [0.2, 0.25) is 5.91 Å². The van der Waals surface area contributed by atoms with E-state index in [2.05, 4.69) is 10.6 Å². The van der Waals surface area contributed by atoms with Crippen LogP contribution in [0, 0.1) is 11.3 Å². The lowest BCUT2D eigenvalue weighted by Gasteiger charge is -2.08. The minimum absolute atomic E-state index is 0.115. The van der Waals surface area contributed by atoms with Gasteiger partial charge in [0, 0.05) is 0 Å². The van der Waals surface area contributed by atoms with Crippen molar-refractivity contribution in [2.24, 2.45) is 0 Å². The molecule has 17 heavy (non-hydrogen) atoms. The van der Waals surface area contributed by atoms with E-state index >= 15 is 0 Å². The molecule has 7 heteroatoms. The van der Waals surface area contributed by atoms with Gasteiger partial charge < -0.3 is 10.4 Å². The normalized spacial score (nSPS) is 11.5. The van der Waals surface area contributed by atoms with Gasteiger partial charge in [-0.25, -0.2) is 0 Å². The fourth-order valence-electron chi connectivity index (χ4n) is 0.998. The van der Waals surface area contributed by atoms with Gasteiger partial charge in [-0.1, -0.05) is 0 Å². The molecule has 1 aromatic rings. The third-order valence-corrected chi connectivity index (χ3v) is 2.81. The van der Waals surface area contributed by atoms with Crippen LogP contribution in [-0.4, -0.2) is 29.6 Å². The van der Waals surface area contributed by atoms with Crippen molar-refractivity contribution in [1.29, 1.82) is 5.26 Å². The zero-order valence-electron chi connectivity index (χ0n) is 9.06. The molecule has 0 aliphatic carbocycles. The van der Waals surface area contributed by atoms with Crippen LogP contribution in [0.1, 0.15) is 12.5 Å². The Morgan fingerprint density at radius 1 is 1.65 bits per heavy atom. The number of rotatable bonds is 5. The van der Waals surface area contributed by atoms with Gasteiger partial charge in [-0.05, 0) is 18.4 Å². The first-order valence-corrected chi connectivity index (χ1v) is 5.66. The summed E-state index contributed by atoms with van der Waals surface area (Å²) in [7, 11) is 0. The summed E-state index contributed by atoms with van der Waals surface area (Å²) >= 11 is 1.24. The molecule has 0 aliphatic heterocycles. The fraction of sp³-hybridized carbons (Fsp3) is 0.300. The Morgan fingerprint density at radius 2 is 2.35 bits per heavy atom. The minimum atomic E-state index is -1.02. The van der Waals surface area contributed by atoms with E-state index < -0.39 is 12.0 Å². The highest BCUT2D eigenvalue weighted by atomic mass is 32.1. The number of carbonyl (C=O) groups is 2. The lowest BCUT2D eigenvalue weighted by atomic mass is 10.3. The molecule has 90 valence electrons. The largest absolute Gasteiger partial charge is 0.480 e. The summed E-state index contributed by atoms with van der Waals surface area (Å²) in [6.45, 7) is 1.33. The Kier molecular flexibility index (Phi) is 4.63. The van der Waals surface area contributed by atoms with Crippen molar-refractivity contribution in [3.05, 3.63) is 17.0 Å². The number of carbonyl (C=O) groups excluding carboxylic acids is 1. The molecule has 0 spiro atoms. The first kappa shape index (κ1) is 13.2. The predicted molar refractivity (Wildman–Crippen MR) is 62.8 cm³/mol. The number of hydrogen-bond acceptors (Lipinski definition) is 5. The van der Waals surface area contributed by atoms with Crippen LogP contribution in [0.25, 0.3) is 0 Å². The van der Waals surface area contributed by atoms with Gasteiger partial charge in [0.25, 0.3) is 0 Å². The number of carboxylic acids is 1. The number of thiophene rings is 1. The second kappa shape index (κ2) is 5.98. The maximum Gasteiger partial charge on any atom is 0.320 e. The first-order chi connectivity index (χ1) is 8.04. The van der Waals surface area contributed by atoms with E-state index in [4.69, 9.17) is 10.4 Å². The molecule has 3 N–H and O–H groups in total. The number of aliphatic carboxylic acids is 1. The van der Waals surface area contributed by atoms with Gasteiger partial charge in [-0.3, -0.25) is 14.9 Å². The van der Waals surface area contributed by atoms with E-state index in [0.29, 0.717) is 10.6 Å². The molecule has 1 heterocycles. The fourth-order valence-corrected chi connectivity index (χ4v) is 1.75. The van der Waals surface area contributed by atoms with Crippen LogP contribution in [-0.2, 0) is 9.59 Å². The SMILES string of the molecule is C[C@@H](NCC(=O)Nc1sccc1C#N)C(=O)O. The molecule has 0 bridgehead atoms. The first-order valence-electron chi connectivity index (χ1n) is 4.78. The summed E-state index contributed by atoms with van der Waals surface area (Å²) in [6, 6.07) is 2.76. The van der Waals surface area contributed by atoms with Crippen LogP contribution in [0.15, 0.2) is 11.4 Å². The van der Waals surface area contributed by atoms with Gasteiger partial charge in [0.15, 0.2) is 0 Å². The average molecular weight is 253 g/mol. The van der Waals surface area contributed by atoms with Crippen LogP contribution < -0.4 is 10.6 Å². The summed E-state index contributed by atoms with van der Waals surface area (Å²) < 4.78 is 0. The highest BCUT2D eigenvalue weighted by Gasteiger charge is 2.13. The van der Waals surface area contributed by atoms with Gasteiger partial charge in [-0.2, -0.15) is 5.26 Å². The van der Waals surface area contributed by atoms with Crippen molar-refractivity contribution < 1.29 is 14.7 Å². The van der Waals surface area contributed by atoms with Crippen molar-refractivity contribution in [3.63, 3.8) is 0 Å². The zero-order chi connectivity index (χ0) is 12.8. The summed E-state index contributed by atoms with van der Waals surface area (Å²) in [5.74, 6) is -1.40. The predicted octanol–water partition coefficient (Wildman–Crippen LogP) is 0.621. The van der Waals surface area contributed by atoms with Gasteiger partial charge in [-0.15, -0.1) is 11.3 Å². The third-order valence-electron chi connectivity index (χ3n) is 1.98. The Bertz CT molecular complexity index is 464. The monoisotopic (exact) mass is 253 g/mol. The maximum absolute atomic E-state index is 11.4. The highest BCUT2D eigenvalue weighted by Crippen LogP contribution is 2.21. The molecule has 1 amide bonds. The van der Waals surface area contributed by atoms with Crippen molar-refractivity contribution in [1.82, 2.24) is 5.32 Å². The number of anilines is 1. The van der Waals surface area contributed by atoms with Crippen LogP contribution in [0.4, 0.5) is 5.00 Å². The molecule has 1 rings (SSSR count). The molecule has 0 aromatic carbocycles. The summed E-state index contributed by atoms with van der Waals surface area (Å²) in [5, 5.41) is 24.6. The Balaban J connectivity index is 2.46. The molecule has 6 nitrogen and oxygen atoms in total. The molecular formula is C10H11N3O3S. The van der Waals surface area contributed by atoms with Crippen molar-refractivity contribution in [2.45, 2.75) is 13.0 Å². The topological polar surface area (TPSA) is 102 Å². The van der Waals surface area contributed by atoms with E-state index in [9.17, 15) is 9.59 Å². The quantitative estimate of drug-likeness (QED) is 0.714. The Labute approximate surface area is 102 Å². The molecule has 1 aromatic heterocycles. The molecule has 1 atom stereocenters. The number of carboxylic acid groups (broad SMARTS) is 1. The molecule has 0 unspecified atom stereocenters. The summed E-state index contributed by atoms with van der Waals surface area (Å²) in [5.41, 5.74) is 0.398. The Hall–Kier alpha value is -1.91. The van der Waals surface area contributed by atoms with E-state index in [-0.39, 0.29) is 12.5 Å². The number of nitriles is 1. The van der Waals surface area contributed by atoms with E-state index in [1.54, 1.807) is 11.4 Å². The van der Waals surface area contributed by atoms with Crippen LogP contribution in [0.5, 0.6) is 0 Å². The zero-order valence-corrected chi connectivity index (χ0v) is 9.87. The average Bonchev–Trinajstić information content (AvgIpc) is 2.72. The highest BCUT2D eigenvalue weighted by molar-refractivity contribution is 7.14. The van der Waals surface area contributed by atoms with Gasteiger partial charge in [0.1, 0.15) is 17.1 Å². The smallest absolute Gasteiger partial charge is 0.320 e. The second-order valence-electron chi connectivity index (χ2n) is 3.26. The van der Waals surface area contributed by atoms with Gasteiger partial charge >= 0.3 is 5.97 Å². The number of amides is 1. The number of nitrogens with one attached hydrogen (secondary N) is 2. The molecular weight excluding hydrogens is 242 g/mol. The molecule has 0 fully saturated rings. The number of hydrogen-bond donors (Lipinski definition) is 3. The lowest BCUT2D eigenvalue weighted by Crippen LogP contribution is -2.39.